The zero-order chi connectivity index (χ0) is 17.3. The Morgan fingerprint density at radius 3 is 1.79 bits per heavy atom. The van der Waals surface area contributed by atoms with Gasteiger partial charge in [0.15, 0.2) is 0 Å². The Balaban J connectivity index is 1.92. The highest BCUT2D eigenvalue weighted by molar-refractivity contribution is 5.88. The fourth-order valence-electron chi connectivity index (χ4n) is 2.51. The molecular weight excluding hydrogens is 300 g/mol. The van der Waals surface area contributed by atoms with E-state index in [0.29, 0.717) is 28.4 Å². The molecule has 0 spiro atoms. The molecule has 0 aliphatic rings. The number of rotatable bonds is 3. The van der Waals surface area contributed by atoms with Gasteiger partial charge in [0.25, 0.3) is 0 Å². The van der Waals surface area contributed by atoms with Crippen LogP contribution in [0, 0.1) is 0 Å². The number of nitrogens with one attached hydrogen (secondary N) is 1. The van der Waals surface area contributed by atoms with Crippen molar-refractivity contribution in [2.45, 2.75) is 0 Å². The maximum absolute atomic E-state index is 6.20. The SMILES string of the molecule is Nc1ccc(N)c(-c2ccc(Nc3ccc(N)c(N)c3)cc2N)c1. The molecule has 3 aromatic carbocycles. The molecule has 24 heavy (non-hydrogen) atoms. The highest BCUT2D eigenvalue weighted by Gasteiger charge is 2.08. The summed E-state index contributed by atoms with van der Waals surface area (Å²) in [5.41, 5.74) is 35.9. The molecule has 0 fully saturated rings. The van der Waals surface area contributed by atoms with E-state index in [1.807, 2.05) is 30.3 Å². The maximum Gasteiger partial charge on any atom is 0.0568 e. The van der Waals surface area contributed by atoms with E-state index >= 15 is 0 Å². The first kappa shape index (κ1) is 15.4. The molecule has 0 radical (unpaired) electrons. The molecule has 0 aliphatic heterocycles. The lowest BCUT2D eigenvalue weighted by Gasteiger charge is -2.13. The van der Waals surface area contributed by atoms with Gasteiger partial charge in [0.05, 0.1) is 11.4 Å². The topological polar surface area (TPSA) is 142 Å². The van der Waals surface area contributed by atoms with Crippen LogP contribution in [0.4, 0.5) is 39.8 Å². The van der Waals surface area contributed by atoms with Gasteiger partial charge >= 0.3 is 0 Å². The summed E-state index contributed by atoms with van der Waals surface area (Å²) in [6, 6.07) is 16.4. The zero-order valence-electron chi connectivity index (χ0n) is 13.1. The summed E-state index contributed by atoms with van der Waals surface area (Å²) in [5, 5.41) is 3.25. The van der Waals surface area contributed by atoms with E-state index in [4.69, 9.17) is 28.7 Å². The van der Waals surface area contributed by atoms with Crippen LogP contribution in [0.1, 0.15) is 0 Å². The minimum Gasteiger partial charge on any atom is -0.399 e. The summed E-state index contributed by atoms with van der Waals surface area (Å²) in [6.07, 6.45) is 0. The molecule has 0 aromatic heterocycles. The van der Waals surface area contributed by atoms with Gasteiger partial charge in [0, 0.05) is 39.6 Å². The lowest BCUT2D eigenvalue weighted by Crippen LogP contribution is -1.99. The molecule has 6 heteroatoms. The normalized spacial score (nSPS) is 10.5. The summed E-state index contributed by atoms with van der Waals surface area (Å²) in [5.74, 6) is 0. The van der Waals surface area contributed by atoms with Crippen molar-refractivity contribution in [2.75, 3.05) is 34.0 Å². The van der Waals surface area contributed by atoms with E-state index in [9.17, 15) is 0 Å². The van der Waals surface area contributed by atoms with Crippen molar-refractivity contribution in [1.82, 2.24) is 0 Å². The molecule has 0 saturated heterocycles. The Morgan fingerprint density at radius 1 is 0.500 bits per heavy atom. The molecule has 0 unspecified atom stereocenters. The Morgan fingerprint density at radius 2 is 1.12 bits per heavy atom. The number of benzene rings is 3. The molecule has 11 N–H and O–H groups in total. The van der Waals surface area contributed by atoms with Gasteiger partial charge in [-0.25, -0.2) is 0 Å². The molecule has 0 saturated carbocycles. The van der Waals surface area contributed by atoms with Gasteiger partial charge in [-0.05, 0) is 48.5 Å². The third kappa shape index (κ3) is 2.98. The molecule has 3 aromatic rings. The predicted octanol–water partition coefficient (Wildman–Crippen LogP) is 3.01. The maximum atomic E-state index is 6.20. The van der Waals surface area contributed by atoms with Crippen molar-refractivity contribution in [3.8, 4) is 11.1 Å². The summed E-state index contributed by atoms with van der Waals surface area (Å²) >= 11 is 0. The number of hydrogen-bond donors (Lipinski definition) is 6. The van der Waals surface area contributed by atoms with E-state index in [1.165, 1.54) is 0 Å². The lowest BCUT2D eigenvalue weighted by molar-refractivity contribution is 1.53. The molecule has 0 atom stereocenters. The molecule has 0 bridgehead atoms. The van der Waals surface area contributed by atoms with Gasteiger partial charge in [-0.1, -0.05) is 6.07 Å². The van der Waals surface area contributed by atoms with E-state index in [1.54, 1.807) is 24.3 Å². The van der Waals surface area contributed by atoms with Crippen molar-refractivity contribution in [1.29, 1.82) is 0 Å². The van der Waals surface area contributed by atoms with Crippen LogP contribution in [0.25, 0.3) is 11.1 Å². The summed E-state index contributed by atoms with van der Waals surface area (Å²) in [7, 11) is 0. The van der Waals surface area contributed by atoms with Gasteiger partial charge in [-0.2, -0.15) is 0 Å². The van der Waals surface area contributed by atoms with Gasteiger partial charge in [-0.15, -0.1) is 0 Å². The third-order valence-electron chi connectivity index (χ3n) is 3.79. The quantitative estimate of drug-likeness (QED) is 0.409. The van der Waals surface area contributed by atoms with E-state index in [-0.39, 0.29) is 0 Å². The van der Waals surface area contributed by atoms with E-state index in [0.717, 1.165) is 22.5 Å². The Bertz CT molecular complexity index is 904. The first-order valence-electron chi connectivity index (χ1n) is 7.41. The number of hydrogen-bond acceptors (Lipinski definition) is 6. The number of nitrogen functional groups attached to an aromatic ring is 5. The summed E-state index contributed by atoms with van der Waals surface area (Å²) in [6.45, 7) is 0. The van der Waals surface area contributed by atoms with Crippen molar-refractivity contribution >= 4 is 39.8 Å². The monoisotopic (exact) mass is 320 g/mol. The lowest BCUT2D eigenvalue weighted by atomic mass is 10.0. The van der Waals surface area contributed by atoms with E-state index in [2.05, 4.69) is 5.32 Å². The Labute approximate surface area is 140 Å². The van der Waals surface area contributed by atoms with Gasteiger partial charge in [0.1, 0.15) is 0 Å². The molecule has 0 heterocycles. The first-order chi connectivity index (χ1) is 11.4. The Hall–Kier alpha value is -3.54. The van der Waals surface area contributed by atoms with Crippen LogP contribution in [-0.2, 0) is 0 Å². The van der Waals surface area contributed by atoms with Crippen molar-refractivity contribution in [3.63, 3.8) is 0 Å². The second kappa shape index (κ2) is 5.92. The molecule has 3 rings (SSSR count). The molecule has 122 valence electrons. The molecular formula is C18H20N6. The highest BCUT2D eigenvalue weighted by atomic mass is 14.9. The van der Waals surface area contributed by atoms with Gasteiger partial charge in [0.2, 0.25) is 0 Å². The number of anilines is 7. The van der Waals surface area contributed by atoms with Crippen LogP contribution < -0.4 is 34.0 Å². The largest absolute Gasteiger partial charge is 0.399 e. The van der Waals surface area contributed by atoms with Gasteiger partial charge in [-0.3, -0.25) is 0 Å². The average Bonchev–Trinajstić information content (AvgIpc) is 2.54. The minimum absolute atomic E-state index is 0.525. The summed E-state index contributed by atoms with van der Waals surface area (Å²) in [4.78, 5) is 0. The van der Waals surface area contributed by atoms with Crippen LogP contribution in [0.2, 0.25) is 0 Å². The van der Waals surface area contributed by atoms with Crippen LogP contribution in [0.5, 0.6) is 0 Å². The number of nitrogens with two attached hydrogens (primary N) is 5. The fourth-order valence-corrected chi connectivity index (χ4v) is 2.51. The Kier molecular flexibility index (Phi) is 3.79. The minimum atomic E-state index is 0.525. The predicted molar refractivity (Wildman–Crippen MR) is 104 cm³/mol. The van der Waals surface area contributed by atoms with Crippen LogP contribution >= 0.6 is 0 Å². The van der Waals surface area contributed by atoms with Crippen molar-refractivity contribution in [3.05, 3.63) is 54.6 Å². The zero-order valence-corrected chi connectivity index (χ0v) is 13.1. The van der Waals surface area contributed by atoms with Crippen molar-refractivity contribution in [2.24, 2.45) is 0 Å². The van der Waals surface area contributed by atoms with Crippen LogP contribution in [0.3, 0.4) is 0 Å². The third-order valence-corrected chi connectivity index (χ3v) is 3.79. The van der Waals surface area contributed by atoms with Crippen molar-refractivity contribution < 1.29 is 0 Å². The smallest absolute Gasteiger partial charge is 0.0568 e. The highest BCUT2D eigenvalue weighted by Crippen LogP contribution is 2.34. The molecule has 6 nitrogen and oxygen atoms in total. The van der Waals surface area contributed by atoms with Crippen LogP contribution in [0.15, 0.2) is 54.6 Å². The second-order valence-corrected chi connectivity index (χ2v) is 5.62. The first-order valence-corrected chi connectivity index (χ1v) is 7.41. The average molecular weight is 320 g/mol. The molecule has 0 amide bonds. The van der Waals surface area contributed by atoms with Gasteiger partial charge < -0.3 is 34.0 Å². The molecule has 0 aliphatic carbocycles. The van der Waals surface area contributed by atoms with E-state index < -0.39 is 0 Å². The second-order valence-electron chi connectivity index (χ2n) is 5.62. The standard InChI is InChI=1S/C18H20N6/c19-10-1-5-15(20)14(7-10)13-4-2-11(8-17(13)22)24-12-3-6-16(21)18(23)9-12/h1-9,24H,19-23H2. The fraction of sp³-hybridized carbons (Fsp3) is 0. The summed E-state index contributed by atoms with van der Waals surface area (Å²) < 4.78 is 0. The van der Waals surface area contributed by atoms with Crippen LogP contribution in [-0.4, -0.2) is 0 Å².